The summed E-state index contributed by atoms with van der Waals surface area (Å²) in [6.07, 6.45) is 3.53. The number of rotatable bonds is 3. The maximum Gasteiger partial charge on any atom is 0.260 e. The number of amides is 1. The Bertz CT molecular complexity index is 1050. The first kappa shape index (κ1) is 20.0. The monoisotopic (exact) mass is 449 g/mol. The van der Waals surface area contributed by atoms with E-state index in [4.69, 9.17) is 23.2 Å². The van der Waals surface area contributed by atoms with Gasteiger partial charge in [0.25, 0.3) is 5.91 Å². The van der Waals surface area contributed by atoms with Crippen molar-refractivity contribution in [2.24, 2.45) is 5.10 Å². The number of carbonyl (C=O) groups excluding carboxylic acids is 1. The molecule has 4 rings (SSSR count). The quantitative estimate of drug-likeness (QED) is 0.745. The van der Waals surface area contributed by atoms with Crippen molar-refractivity contribution in [3.63, 3.8) is 0 Å². The Labute approximate surface area is 180 Å². The highest BCUT2D eigenvalue weighted by atomic mass is 35.5. The van der Waals surface area contributed by atoms with Gasteiger partial charge in [-0.05, 0) is 48.6 Å². The second-order valence-corrected chi connectivity index (χ2v) is 8.12. The molecule has 2 aromatic rings. The van der Waals surface area contributed by atoms with Gasteiger partial charge >= 0.3 is 0 Å². The molecule has 0 aromatic heterocycles. The summed E-state index contributed by atoms with van der Waals surface area (Å²) in [5.74, 6) is -0.696. The molecule has 2 heterocycles. The summed E-state index contributed by atoms with van der Waals surface area (Å²) >= 11 is 14.0. The number of nitrogens with zero attached hydrogens (tertiary/aromatic N) is 3. The van der Waals surface area contributed by atoms with Crippen molar-refractivity contribution in [1.82, 2.24) is 9.91 Å². The van der Waals surface area contributed by atoms with Gasteiger partial charge in [-0.15, -0.1) is 0 Å². The molecule has 0 aliphatic carbocycles. The smallest absolute Gasteiger partial charge is 0.260 e. The van der Waals surface area contributed by atoms with Crippen LogP contribution in [0.5, 0.6) is 0 Å². The number of aliphatic hydroxyl groups is 1. The molecular weight excluding hydrogens is 436 g/mol. The first-order chi connectivity index (χ1) is 14.0. The Morgan fingerprint density at radius 3 is 2.45 bits per heavy atom. The molecule has 0 spiro atoms. The van der Waals surface area contributed by atoms with E-state index in [0.717, 1.165) is 4.90 Å². The molecule has 0 bridgehead atoms. The second-order valence-electron chi connectivity index (χ2n) is 6.21. The Morgan fingerprint density at radius 2 is 1.79 bits per heavy atom. The number of aliphatic hydroxyl groups excluding tert-OH is 1. The van der Waals surface area contributed by atoms with E-state index in [0.29, 0.717) is 26.3 Å². The number of halogens is 3. The Kier molecular flexibility index (Phi) is 5.65. The molecule has 0 saturated carbocycles. The standard InChI is InChI=1S/C20H14Cl2FN3O2S/c21-14-2-1-3-15(22)18(14)19-16-8-9-17(29-13-6-4-12(23)5-7-13)24-26(16)10-25(11-27)20(19)28/h1-9,27H,10-11H2. The van der Waals surface area contributed by atoms with E-state index >= 15 is 0 Å². The summed E-state index contributed by atoms with van der Waals surface area (Å²) in [6.45, 7) is -0.401. The van der Waals surface area contributed by atoms with Gasteiger partial charge in [-0.25, -0.2) is 9.40 Å². The molecule has 0 fully saturated rings. The third-order valence-corrected chi connectivity index (χ3v) is 5.93. The minimum Gasteiger partial charge on any atom is -0.376 e. The molecule has 9 heteroatoms. The molecule has 0 radical (unpaired) electrons. The van der Waals surface area contributed by atoms with E-state index in [1.165, 1.54) is 28.8 Å². The third kappa shape index (κ3) is 3.91. The van der Waals surface area contributed by atoms with Gasteiger partial charge in [-0.3, -0.25) is 9.69 Å². The van der Waals surface area contributed by atoms with Gasteiger partial charge in [-0.2, -0.15) is 5.10 Å². The van der Waals surface area contributed by atoms with Crippen molar-refractivity contribution >= 4 is 51.5 Å². The summed E-state index contributed by atoms with van der Waals surface area (Å²) in [5.41, 5.74) is 1.21. The van der Waals surface area contributed by atoms with Crippen LogP contribution in [0.4, 0.5) is 4.39 Å². The lowest BCUT2D eigenvalue weighted by Crippen LogP contribution is -2.45. The van der Waals surface area contributed by atoms with Crippen LogP contribution in [0, 0.1) is 5.82 Å². The number of fused-ring (bicyclic) bond motifs is 1. The van der Waals surface area contributed by atoms with E-state index in [1.807, 2.05) is 0 Å². The molecule has 2 aliphatic heterocycles. The fourth-order valence-electron chi connectivity index (χ4n) is 3.01. The number of hydrogen-bond acceptors (Lipinski definition) is 5. The van der Waals surface area contributed by atoms with Crippen molar-refractivity contribution in [1.29, 1.82) is 0 Å². The highest BCUT2D eigenvalue weighted by molar-refractivity contribution is 8.14. The van der Waals surface area contributed by atoms with Gasteiger partial charge in [0.05, 0.1) is 21.3 Å². The van der Waals surface area contributed by atoms with Gasteiger partial charge in [0.1, 0.15) is 24.3 Å². The third-order valence-electron chi connectivity index (χ3n) is 4.36. The summed E-state index contributed by atoms with van der Waals surface area (Å²) in [5, 5.41) is 17.2. The summed E-state index contributed by atoms with van der Waals surface area (Å²) in [4.78, 5) is 15.0. The van der Waals surface area contributed by atoms with Crippen molar-refractivity contribution in [3.05, 3.63) is 81.7 Å². The zero-order valence-electron chi connectivity index (χ0n) is 14.8. The predicted octanol–water partition coefficient (Wildman–Crippen LogP) is 4.57. The van der Waals surface area contributed by atoms with Gasteiger partial charge in [0.15, 0.2) is 0 Å². The number of hydrogen-bond donors (Lipinski definition) is 1. The number of hydrazone groups is 1. The van der Waals surface area contributed by atoms with Gasteiger partial charge < -0.3 is 5.11 Å². The Hall–Kier alpha value is -2.32. The zero-order valence-corrected chi connectivity index (χ0v) is 17.2. The fourth-order valence-corrected chi connectivity index (χ4v) is 4.39. The zero-order chi connectivity index (χ0) is 20.5. The van der Waals surface area contributed by atoms with E-state index < -0.39 is 6.73 Å². The lowest BCUT2D eigenvalue weighted by atomic mass is 9.99. The molecule has 0 saturated heterocycles. The largest absolute Gasteiger partial charge is 0.376 e. The first-order valence-electron chi connectivity index (χ1n) is 8.54. The van der Waals surface area contributed by atoms with Crippen LogP contribution < -0.4 is 0 Å². The minimum atomic E-state index is -0.478. The molecule has 29 heavy (non-hydrogen) atoms. The van der Waals surface area contributed by atoms with Crippen LogP contribution in [-0.4, -0.2) is 39.4 Å². The van der Waals surface area contributed by atoms with E-state index in [1.54, 1.807) is 47.5 Å². The van der Waals surface area contributed by atoms with Crippen LogP contribution in [0.2, 0.25) is 10.0 Å². The van der Waals surface area contributed by atoms with Crippen molar-refractivity contribution < 1.29 is 14.3 Å². The average molecular weight is 450 g/mol. The number of carbonyl (C=O) groups is 1. The normalized spacial score (nSPS) is 16.3. The van der Waals surface area contributed by atoms with E-state index in [9.17, 15) is 14.3 Å². The predicted molar refractivity (Wildman–Crippen MR) is 113 cm³/mol. The molecule has 0 unspecified atom stereocenters. The average Bonchev–Trinajstić information content (AvgIpc) is 2.71. The van der Waals surface area contributed by atoms with Gasteiger partial charge in [-0.1, -0.05) is 41.0 Å². The number of benzene rings is 2. The highest BCUT2D eigenvalue weighted by Crippen LogP contribution is 2.39. The molecule has 2 aromatic carbocycles. The molecule has 1 amide bonds. The van der Waals surface area contributed by atoms with Crippen LogP contribution in [-0.2, 0) is 4.79 Å². The maximum absolute atomic E-state index is 13.1. The highest BCUT2D eigenvalue weighted by Gasteiger charge is 2.34. The molecule has 1 N–H and O–H groups in total. The fraction of sp³-hybridized carbons (Fsp3) is 0.100. The summed E-state index contributed by atoms with van der Waals surface area (Å²) in [7, 11) is 0. The van der Waals surface area contributed by atoms with E-state index in [2.05, 4.69) is 5.10 Å². The van der Waals surface area contributed by atoms with Crippen LogP contribution >= 0.6 is 35.0 Å². The minimum absolute atomic E-state index is 0.0774. The van der Waals surface area contributed by atoms with Gasteiger partial charge in [0.2, 0.25) is 0 Å². The van der Waals surface area contributed by atoms with Crippen molar-refractivity contribution in [2.75, 3.05) is 13.4 Å². The molecule has 148 valence electrons. The van der Waals surface area contributed by atoms with E-state index in [-0.39, 0.29) is 24.0 Å². The van der Waals surface area contributed by atoms with Crippen LogP contribution in [0.1, 0.15) is 5.56 Å². The van der Waals surface area contributed by atoms with Crippen LogP contribution in [0.25, 0.3) is 5.57 Å². The molecular formula is C20H14Cl2FN3O2S. The molecule has 2 aliphatic rings. The number of allylic oxidation sites excluding steroid dienone is 1. The number of thioether (sulfide) groups is 1. The van der Waals surface area contributed by atoms with Crippen molar-refractivity contribution in [2.45, 2.75) is 4.90 Å². The topological polar surface area (TPSA) is 56.1 Å². The van der Waals surface area contributed by atoms with Gasteiger partial charge in [0, 0.05) is 10.5 Å². The summed E-state index contributed by atoms with van der Waals surface area (Å²) in [6, 6.07) is 11.1. The lowest BCUT2D eigenvalue weighted by molar-refractivity contribution is -0.132. The first-order valence-corrected chi connectivity index (χ1v) is 10.1. The second kappa shape index (κ2) is 8.20. The molecule has 5 nitrogen and oxygen atoms in total. The molecule has 0 atom stereocenters. The van der Waals surface area contributed by atoms with Crippen LogP contribution in [0.3, 0.4) is 0 Å². The van der Waals surface area contributed by atoms with Crippen molar-refractivity contribution in [3.8, 4) is 0 Å². The maximum atomic E-state index is 13.1. The Balaban J connectivity index is 1.75. The van der Waals surface area contributed by atoms with Crippen LogP contribution in [0.15, 0.2) is 70.3 Å². The summed E-state index contributed by atoms with van der Waals surface area (Å²) < 4.78 is 13.1. The lowest BCUT2D eigenvalue weighted by Gasteiger charge is -2.36. The SMILES string of the molecule is O=C1C(c2c(Cl)cccc2Cl)=C2C=CC(Sc3ccc(F)cc3)=NN2CN1CO. The Morgan fingerprint density at radius 1 is 1.10 bits per heavy atom.